The van der Waals surface area contributed by atoms with E-state index in [1.54, 1.807) is 14.2 Å². The first-order valence-corrected chi connectivity index (χ1v) is 8.28. The second kappa shape index (κ2) is 9.22. The van der Waals surface area contributed by atoms with Crippen LogP contribution in [0.3, 0.4) is 0 Å². The summed E-state index contributed by atoms with van der Waals surface area (Å²) < 4.78 is 16.2. The summed E-state index contributed by atoms with van der Waals surface area (Å²) in [7, 11) is 3.16. The number of hydrogen-bond donors (Lipinski definition) is 1. The summed E-state index contributed by atoms with van der Waals surface area (Å²) >= 11 is 0. The highest BCUT2D eigenvalue weighted by atomic mass is 16.5. The van der Waals surface area contributed by atoms with Crippen molar-refractivity contribution in [1.29, 1.82) is 0 Å². The summed E-state index contributed by atoms with van der Waals surface area (Å²) in [5.41, 5.74) is 0. The topological polar surface area (TPSA) is 63.3 Å². The van der Waals surface area contributed by atoms with E-state index in [1.807, 2.05) is 23.1 Å². The van der Waals surface area contributed by atoms with Crippen LogP contribution in [-0.4, -0.2) is 75.9 Å². The van der Waals surface area contributed by atoms with Gasteiger partial charge in [0, 0.05) is 26.2 Å². The van der Waals surface area contributed by atoms with Gasteiger partial charge in [-0.1, -0.05) is 13.0 Å². The van der Waals surface area contributed by atoms with Gasteiger partial charge in [0.25, 0.3) is 0 Å². The molecule has 0 atom stereocenters. The molecule has 1 aromatic rings. The van der Waals surface area contributed by atoms with Gasteiger partial charge in [0.2, 0.25) is 5.75 Å². The first-order valence-electron chi connectivity index (χ1n) is 8.28. The second-order valence-corrected chi connectivity index (χ2v) is 5.49. The van der Waals surface area contributed by atoms with Crippen LogP contribution < -0.4 is 19.5 Å². The molecule has 1 aliphatic rings. The molecule has 2 amide bonds. The number of rotatable bonds is 7. The molecule has 2 rings (SSSR count). The highest BCUT2D eigenvalue weighted by Crippen LogP contribution is 2.36. The molecule has 0 aromatic heterocycles. The summed E-state index contributed by atoms with van der Waals surface area (Å²) in [6.45, 7) is 7.38. The normalized spacial score (nSPS) is 15.0. The number of amides is 2. The SMILES string of the molecule is CCN1CCN(C(=O)NCCOc2cccc(OC)c2OC)CC1. The monoisotopic (exact) mass is 337 g/mol. The molecule has 1 N–H and O–H groups in total. The fourth-order valence-electron chi connectivity index (χ4n) is 2.67. The lowest BCUT2D eigenvalue weighted by Crippen LogP contribution is -2.52. The Morgan fingerprint density at radius 2 is 1.83 bits per heavy atom. The van der Waals surface area contributed by atoms with Gasteiger partial charge in [-0.25, -0.2) is 4.79 Å². The maximum Gasteiger partial charge on any atom is 0.317 e. The number of carbonyl (C=O) groups excluding carboxylic acids is 1. The Bertz CT molecular complexity index is 531. The van der Waals surface area contributed by atoms with E-state index in [0.29, 0.717) is 30.4 Å². The Hall–Kier alpha value is -2.15. The van der Waals surface area contributed by atoms with Gasteiger partial charge < -0.3 is 29.3 Å². The van der Waals surface area contributed by atoms with E-state index in [0.717, 1.165) is 32.7 Å². The molecule has 7 heteroatoms. The average Bonchev–Trinajstić information content (AvgIpc) is 2.64. The minimum atomic E-state index is -0.0352. The average molecular weight is 337 g/mol. The molecular formula is C17H27N3O4. The quantitative estimate of drug-likeness (QED) is 0.763. The zero-order valence-corrected chi connectivity index (χ0v) is 14.7. The molecule has 0 radical (unpaired) electrons. The molecule has 0 bridgehead atoms. The van der Waals surface area contributed by atoms with Crippen LogP contribution in [0.1, 0.15) is 6.92 Å². The maximum atomic E-state index is 12.1. The number of nitrogens with zero attached hydrogens (tertiary/aromatic N) is 2. The Morgan fingerprint density at radius 1 is 1.12 bits per heavy atom. The lowest BCUT2D eigenvalue weighted by molar-refractivity contribution is 0.142. The number of hydrogen-bond acceptors (Lipinski definition) is 5. The predicted molar refractivity (Wildman–Crippen MR) is 92.1 cm³/mol. The van der Waals surface area contributed by atoms with E-state index in [4.69, 9.17) is 14.2 Å². The minimum absolute atomic E-state index is 0.0352. The maximum absolute atomic E-state index is 12.1. The van der Waals surface area contributed by atoms with Crippen LogP contribution in [0, 0.1) is 0 Å². The van der Waals surface area contributed by atoms with Crippen molar-refractivity contribution in [2.24, 2.45) is 0 Å². The third-order valence-electron chi connectivity index (χ3n) is 4.11. The van der Waals surface area contributed by atoms with Crippen molar-refractivity contribution in [3.8, 4) is 17.2 Å². The van der Waals surface area contributed by atoms with Gasteiger partial charge in [0.05, 0.1) is 20.8 Å². The number of nitrogens with one attached hydrogen (secondary N) is 1. The summed E-state index contributed by atoms with van der Waals surface area (Å²) in [6.07, 6.45) is 0. The third-order valence-corrected chi connectivity index (χ3v) is 4.11. The highest BCUT2D eigenvalue weighted by molar-refractivity contribution is 5.74. The standard InChI is InChI=1S/C17H27N3O4/c1-4-19-9-11-20(12-10-19)17(21)18-8-13-24-15-7-5-6-14(22-2)16(15)23-3/h5-7H,4,8-13H2,1-3H3,(H,18,21). The largest absolute Gasteiger partial charge is 0.493 e. The number of para-hydroxylation sites is 1. The van der Waals surface area contributed by atoms with E-state index in [2.05, 4.69) is 17.1 Å². The minimum Gasteiger partial charge on any atom is -0.493 e. The first-order chi connectivity index (χ1) is 11.7. The third kappa shape index (κ3) is 4.67. The Morgan fingerprint density at radius 3 is 2.46 bits per heavy atom. The van der Waals surface area contributed by atoms with Gasteiger partial charge >= 0.3 is 6.03 Å². The number of likely N-dealkylation sites (N-methyl/N-ethyl adjacent to an activating group) is 1. The first kappa shape index (κ1) is 18.2. The number of carbonyl (C=O) groups is 1. The molecule has 1 fully saturated rings. The van der Waals surface area contributed by atoms with Crippen LogP contribution in [0.4, 0.5) is 4.79 Å². The zero-order valence-electron chi connectivity index (χ0n) is 14.7. The summed E-state index contributed by atoms with van der Waals surface area (Å²) in [6, 6.07) is 5.42. The lowest BCUT2D eigenvalue weighted by Gasteiger charge is -2.33. The predicted octanol–water partition coefficient (Wildman–Crippen LogP) is 1.43. The Labute approximate surface area is 143 Å². The van der Waals surface area contributed by atoms with Gasteiger partial charge in [-0.3, -0.25) is 0 Å². The van der Waals surface area contributed by atoms with E-state index >= 15 is 0 Å². The van der Waals surface area contributed by atoms with E-state index in [1.165, 1.54) is 0 Å². The molecule has 0 saturated carbocycles. The van der Waals surface area contributed by atoms with Crippen LogP contribution >= 0.6 is 0 Å². The smallest absolute Gasteiger partial charge is 0.317 e. The van der Waals surface area contributed by atoms with Crippen LogP contribution in [0.5, 0.6) is 17.2 Å². The van der Waals surface area contributed by atoms with Gasteiger partial charge in [-0.2, -0.15) is 0 Å². The summed E-state index contributed by atoms with van der Waals surface area (Å²) in [5.74, 6) is 1.78. The Kier molecular flexibility index (Phi) is 6.99. The molecule has 1 saturated heterocycles. The highest BCUT2D eigenvalue weighted by Gasteiger charge is 2.19. The van der Waals surface area contributed by atoms with Crippen LogP contribution in [-0.2, 0) is 0 Å². The number of methoxy groups -OCH3 is 2. The molecular weight excluding hydrogens is 310 g/mol. The van der Waals surface area contributed by atoms with Crippen molar-refractivity contribution in [2.45, 2.75) is 6.92 Å². The van der Waals surface area contributed by atoms with Gasteiger partial charge in [0.1, 0.15) is 6.61 Å². The molecule has 24 heavy (non-hydrogen) atoms. The van der Waals surface area contributed by atoms with Crippen LogP contribution in [0.2, 0.25) is 0 Å². The van der Waals surface area contributed by atoms with E-state index < -0.39 is 0 Å². The van der Waals surface area contributed by atoms with Crippen LogP contribution in [0.25, 0.3) is 0 Å². The Balaban J connectivity index is 1.74. The molecule has 0 unspecified atom stereocenters. The molecule has 1 aromatic carbocycles. The zero-order chi connectivity index (χ0) is 17.4. The summed E-state index contributed by atoms with van der Waals surface area (Å²) in [5, 5.41) is 2.89. The van der Waals surface area contributed by atoms with E-state index in [-0.39, 0.29) is 6.03 Å². The fourth-order valence-corrected chi connectivity index (χ4v) is 2.67. The molecule has 1 heterocycles. The van der Waals surface area contributed by atoms with Gasteiger partial charge in [-0.05, 0) is 18.7 Å². The van der Waals surface area contributed by atoms with Gasteiger partial charge in [-0.15, -0.1) is 0 Å². The molecule has 0 aliphatic carbocycles. The molecule has 134 valence electrons. The van der Waals surface area contributed by atoms with Crippen molar-refractivity contribution >= 4 is 6.03 Å². The number of benzene rings is 1. The lowest BCUT2D eigenvalue weighted by atomic mass is 10.3. The molecule has 7 nitrogen and oxygen atoms in total. The van der Waals surface area contributed by atoms with Gasteiger partial charge in [0.15, 0.2) is 11.5 Å². The second-order valence-electron chi connectivity index (χ2n) is 5.49. The number of urea groups is 1. The van der Waals surface area contributed by atoms with Crippen molar-refractivity contribution in [1.82, 2.24) is 15.1 Å². The summed E-state index contributed by atoms with van der Waals surface area (Å²) in [4.78, 5) is 16.3. The van der Waals surface area contributed by atoms with Crippen molar-refractivity contribution < 1.29 is 19.0 Å². The number of piperazine rings is 1. The molecule has 1 aliphatic heterocycles. The molecule has 0 spiro atoms. The van der Waals surface area contributed by atoms with Crippen molar-refractivity contribution in [3.05, 3.63) is 18.2 Å². The van der Waals surface area contributed by atoms with E-state index in [9.17, 15) is 4.79 Å². The van der Waals surface area contributed by atoms with Crippen molar-refractivity contribution in [3.63, 3.8) is 0 Å². The van der Waals surface area contributed by atoms with Crippen molar-refractivity contribution in [2.75, 3.05) is 60.1 Å². The fraction of sp³-hybridized carbons (Fsp3) is 0.588. The van der Waals surface area contributed by atoms with Crippen LogP contribution in [0.15, 0.2) is 18.2 Å². The number of ether oxygens (including phenoxy) is 3.